The minimum atomic E-state index is 0.649. The molecule has 98 valence electrons. The zero-order valence-corrected chi connectivity index (χ0v) is 11.3. The molecule has 0 saturated carbocycles. The molecule has 0 atom stereocenters. The number of hydrogen-bond donors (Lipinski definition) is 0. The highest BCUT2D eigenvalue weighted by molar-refractivity contribution is 5.45. The van der Waals surface area contributed by atoms with Gasteiger partial charge in [-0.15, -0.1) is 0 Å². The normalized spacial score (nSPS) is 24.4. The quantitative estimate of drug-likeness (QED) is 0.757. The third-order valence-electron chi connectivity index (χ3n) is 4.90. The van der Waals surface area contributed by atoms with Gasteiger partial charge in [0, 0.05) is 31.2 Å². The van der Waals surface area contributed by atoms with Crippen LogP contribution in [0, 0.1) is 5.41 Å². The fraction of sp³-hybridized carbons (Fsp3) is 0.667. The Kier molecular flexibility index (Phi) is 3.25. The Morgan fingerprint density at radius 3 is 2.11 bits per heavy atom. The molecule has 1 aromatic rings. The molecule has 18 heavy (non-hydrogen) atoms. The zero-order valence-electron chi connectivity index (χ0n) is 11.3. The summed E-state index contributed by atoms with van der Waals surface area (Å²) in [6.45, 7) is 5.01. The minimum absolute atomic E-state index is 0.649. The van der Waals surface area contributed by atoms with Gasteiger partial charge in [-0.1, -0.05) is 0 Å². The van der Waals surface area contributed by atoms with Crippen molar-refractivity contribution in [2.75, 3.05) is 38.1 Å². The van der Waals surface area contributed by atoms with Crippen LogP contribution in [-0.4, -0.2) is 43.1 Å². The van der Waals surface area contributed by atoms with E-state index in [4.69, 9.17) is 0 Å². The van der Waals surface area contributed by atoms with Gasteiger partial charge in [0.2, 0.25) is 0 Å². The van der Waals surface area contributed by atoms with E-state index < -0.39 is 0 Å². The van der Waals surface area contributed by atoms with Gasteiger partial charge in [0.05, 0.1) is 0 Å². The molecule has 3 heteroatoms. The Balaban J connectivity index is 1.61. The largest absolute Gasteiger partial charge is 0.371 e. The van der Waals surface area contributed by atoms with Gasteiger partial charge in [0.25, 0.3) is 0 Å². The summed E-state index contributed by atoms with van der Waals surface area (Å²) < 4.78 is 0. The Morgan fingerprint density at radius 1 is 0.944 bits per heavy atom. The summed E-state index contributed by atoms with van der Waals surface area (Å²) in [5.41, 5.74) is 1.99. The molecule has 0 aromatic carbocycles. The summed E-state index contributed by atoms with van der Waals surface area (Å²) in [5.74, 6) is 0. The van der Waals surface area contributed by atoms with E-state index in [1.165, 1.54) is 57.5 Å². The van der Waals surface area contributed by atoms with Crippen LogP contribution in [0.15, 0.2) is 24.5 Å². The lowest BCUT2D eigenvalue weighted by Gasteiger charge is -2.46. The van der Waals surface area contributed by atoms with E-state index in [-0.39, 0.29) is 0 Å². The molecule has 0 aliphatic carbocycles. The van der Waals surface area contributed by atoms with Crippen LogP contribution in [0.1, 0.15) is 25.7 Å². The highest BCUT2D eigenvalue weighted by atomic mass is 15.1. The van der Waals surface area contributed by atoms with Crippen LogP contribution in [0.4, 0.5) is 5.69 Å². The third kappa shape index (κ3) is 2.37. The third-order valence-corrected chi connectivity index (χ3v) is 4.90. The Labute approximate surface area is 110 Å². The molecule has 2 fully saturated rings. The first-order valence-corrected chi connectivity index (χ1v) is 7.11. The number of piperidine rings is 2. The molecular weight excluding hydrogens is 222 g/mol. The van der Waals surface area contributed by atoms with Crippen molar-refractivity contribution >= 4 is 5.69 Å². The molecule has 1 spiro atoms. The molecule has 0 N–H and O–H groups in total. The van der Waals surface area contributed by atoms with Gasteiger partial charge in [-0.2, -0.15) is 0 Å². The van der Waals surface area contributed by atoms with Crippen molar-refractivity contribution in [2.45, 2.75) is 25.7 Å². The molecule has 0 radical (unpaired) electrons. The maximum atomic E-state index is 4.10. The fourth-order valence-corrected chi connectivity index (χ4v) is 3.39. The number of anilines is 1. The molecule has 3 nitrogen and oxygen atoms in total. The number of rotatable bonds is 1. The van der Waals surface area contributed by atoms with Crippen molar-refractivity contribution in [1.29, 1.82) is 0 Å². The molecule has 0 amide bonds. The molecule has 3 rings (SSSR count). The van der Waals surface area contributed by atoms with Gasteiger partial charge < -0.3 is 9.80 Å². The number of aromatic nitrogens is 1. The predicted octanol–water partition coefficient (Wildman–Crippen LogP) is 2.39. The fourth-order valence-electron chi connectivity index (χ4n) is 3.39. The van der Waals surface area contributed by atoms with Gasteiger partial charge in [-0.3, -0.25) is 4.98 Å². The second kappa shape index (κ2) is 4.88. The maximum Gasteiger partial charge on any atom is 0.0397 e. The zero-order chi connectivity index (χ0) is 12.4. The van der Waals surface area contributed by atoms with Crippen LogP contribution >= 0.6 is 0 Å². The van der Waals surface area contributed by atoms with Crippen molar-refractivity contribution < 1.29 is 0 Å². The van der Waals surface area contributed by atoms with Gasteiger partial charge in [0.15, 0.2) is 0 Å². The standard InChI is InChI=1S/C15H23N3/c1-17-10-4-15(5-11-17)6-12-18(13-7-15)14-2-8-16-9-3-14/h2-3,8-9H,4-7,10-13H2,1H3. The summed E-state index contributed by atoms with van der Waals surface area (Å²) in [7, 11) is 2.25. The van der Waals surface area contributed by atoms with Gasteiger partial charge in [0.1, 0.15) is 0 Å². The molecule has 3 heterocycles. The molecule has 2 saturated heterocycles. The van der Waals surface area contributed by atoms with Crippen LogP contribution in [0.3, 0.4) is 0 Å². The van der Waals surface area contributed by atoms with E-state index in [2.05, 4.69) is 34.0 Å². The highest BCUT2D eigenvalue weighted by Gasteiger charge is 2.36. The first kappa shape index (κ1) is 12.0. The monoisotopic (exact) mass is 245 g/mol. The molecule has 0 unspecified atom stereocenters. The van der Waals surface area contributed by atoms with Gasteiger partial charge in [-0.25, -0.2) is 0 Å². The SMILES string of the molecule is CN1CCC2(CC1)CCN(c1ccncc1)CC2. The summed E-state index contributed by atoms with van der Waals surface area (Å²) in [6.07, 6.45) is 9.32. The summed E-state index contributed by atoms with van der Waals surface area (Å²) in [5, 5.41) is 0. The Morgan fingerprint density at radius 2 is 1.50 bits per heavy atom. The number of nitrogens with zero attached hydrogens (tertiary/aromatic N) is 3. The van der Waals surface area contributed by atoms with E-state index in [1.54, 1.807) is 0 Å². The van der Waals surface area contributed by atoms with Crippen molar-refractivity contribution in [1.82, 2.24) is 9.88 Å². The molecule has 1 aromatic heterocycles. The topological polar surface area (TPSA) is 19.4 Å². The Bertz CT molecular complexity index is 372. The van der Waals surface area contributed by atoms with E-state index in [9.17, 15) is 0 Å². The van der Waals surface area contributed by atoms with E-state index in [1.807, 2.05) is 12.4 Å². The van der Waals surface area contributed by atoms with E-state index in [0.29, 0.717) is 5.41 Å². The molecular formula is C15H23N3. The first-order chi connectivity index (χ1) is 8.77. The summed E-state index contributed by atoms with van der Waals surface area (Å²) in [4.78, 5) is 9.09. The minimum Gasteiger partial charge on any atom is -0.371 e. The van der Waals surface area contributed by atoms with Crippen molar-refractivity contribution in [3.05, 3.63) is 24.5 Å². The Hall–Kier alpha value is -1.09. The van der Waals surface area contributed by atoms with Gasteiger partial charge in [-0.05, 0) is 63.4 Å². The average molecular weight is 245 g/mol. The van der Waals surface area contributed by atoms with Crippen molar-refractivity contribution in [3.63, 3.8) is 0 Å². The van der Waals surface area contributed by atoms with Crippen molar-refractivity contribution in [2.24, 2.45) is 5.41 Å². The van der Waals surface area contributed by atoms with Crippen LogP contribution < -0.4 is 4.90 Å². The van der Waals surface area contributed by atoms with Crippen LogP contribution in [-0.2, 0) is 0 Å². The number of hydrogen-bond acceptors (Lipinski definition) is 3. The van der Waals surface area contributed by atoms with Crippen LogP contribution in [0.25, 0.3) is 0 Å². The van der Waals surface area contributed by atoms with E-state index >= 15 is 0 Å². The summed E-state index contributed by atoms with van der Waals surface area (Å²) >= 11 is 0. The van der Waals surface area contributed by atoms with Crippen molar-refractivity contribution in [3.8, 4) is 0 Å². The maximum absolute atomic E-state index is 4.10. The predicted molar refractivity (Wildman–Crippen MR) is 74.8 cm³/mol. The molecule has 2 aliphatic rings. The van der Waals surface area contributed by atoms with Gasteiger partial charge >= 0.3 is 0 Å². The summed E-state index contributed by atoms with van der Waals surface area (Å²) in [6, 6.07) is 4.26. The smallest absolute Gasteiger partial charge is 0.0397 e. The number of pyridine rings is 1. The molecule has 0 bridgehead atoms. The lowest BCUT2D eigenvalue weighted by Crippen LogP contribution is -2.46. The average Bonchev–Trinajstić information content (AvgIpc) is 2.44. The van der Waals surface area contributed by atoms with Crippen LogP contribution in [0.2, 0.25) is 0 Å². The lowest BCUT2D eigenvalue weighted by atomic mass is 9.71. The van der Waals surface area contributed by atoms with E-state index in [0.717, 1.165) is 0 Å². The first-order valence-electron chi connectivity index (χ1n) is 7.11. The van der Waals surface area contributed by atoms with Crippen LogP contribution in [0.5, 0.6) is 0 Å². The highest BCUT2D eigenvalue weighted by Crippen LogP contribution is 2.41. The second-order valence-electron chi connectivity index (χ2n) is 6.00. The molecule has 2 aliphatic heterocycles. The lowest BCUT2D eigenvalue weighted by molar-refractivity contribution is 0.0945. The second-order valence-corrected chi connectivity index (χ2v) is 6.00. The number of likely N-dealkylation sites (tertiary alicyclic amines) is 1.